The minimum atomic E-state index is -0.281. The van der Waals surface area contributed by atoms with Crippen LogP contribution >= 0.6 is 11.3 Å². The van der Waals surface area contributed by atoms with Crippen LogP contribution in [0.5, 0.6) is 5.75 Å². The average molecular weight is 479 g/mol. The van der Waals surface area contributed by atoms with Crippen molar-refractivity contribution in [3.63, 3.8) is 0 Å². The van der Waals surface area contributed by atoms with Crippen LogP contribution in [0.4, 0.5) is 4.39 Å². The summed E-state index contributed by atoms with van der Waals surface area (Å²) in [5.41, 5.74) is 1.44. The number of ether oxygens (including phenoxy) is 1. The molecule has 1 fully saturated rings. The third-order valence-corrected chi connectivity index (χ3v) is 6.49. The van der Waals surface area contributed by atoms with Crippen LogP contribution < -0.4 is 4.74 Å². The zero-order chi connectivity index (χ0) is 23.3. The van der Waals surface area contributed by atoms with Gasteiger partial charge in [0.15, 0.2) is 0 Å². The highest BCUT2D eigenvalue weighted by molar-refractivity contribution is 7.13. The molecule has 1 amide bonds. The molecule has 0 bridgehead atoms. The van der Waals surface area contributed by atoms with E-state index < -0.39 is 0 Å². The number of amides is 1. The predicted molar refractivity (Wildman–Crippen MR) is 126 cm³/mol. The standard InChI is InChI=1S/C25H23FN4O3S/c26-20-8-6-18(7-9-20)17-32-21-4-1-3-19(15-21)25(31)30-12-10-29(11-13-30)16-23-27-24(28-33-23)22-5-2-14-34-22/h1-9,14-15H,10-13,16-17H2. The molecular weight excluding hydrogens is 455 g/mol. The average Bonchev–Trinajstić information content (AvgIpc) is 3.56. The van der Waals surface area contributed by atoms with Crippen LogP contribution in [0.25, 0.3) is 10.7 Å². The summed E-state index contributed by atoms with van der Waals surface area (Å²) < 4.78 is 24.3. The SMILES string of the molecule is O=C(c1cccc(OCc2ccc(F)cc2)c1)N1CCN(Cc2nc(-c3cccs3)no2)CC1. The number of halogens is 1. The van der Waals surface area contributed by atoms with Crippen molar-refractivity contribution in [3.8, 4) is 16.5 Å². The van der Waals surface area contributed by atoms with Crippen molar-refractivity contribution in [3.05, 3.63) is 88.9 Å². The van der Waals surface area contributed by atoms with Gasteiger partial charge >= 0.3 is 0 Å². The third kappa shape index (κ3) is 5.32. The van der Waals surface area contributed by atoms with Crippen molar-refractivity contribution in [2.24, 2.45) is 0 Å². The smallest absolute Gasteiger partial charge is 0.254 e. The third-order valence-electron chi connectivity index (χ3n) is 5.63. The maximum atomic E-state index is 13.1. The number of hydrogen-bond acceptors (Lipinski definition) is 7. The van der Waals surface area contributed by atoms with Gasteiger partial charge < -0.3 is 14.2 Å². The van der Waals surface area contributed by atoms with Crippen LogP contribution in [0.1, 0.15) is 21.8 Å². The lowest BCUT2D eigenvalue weighted by molar-refractivity contribution is 0.0614. The van der Waals surface area contributed by atoms with Crippen molar-refractivity contribution in [1.29, 1.82) is 0 Å². The molecule has 0 saturated carbocycles. The molecule has 2 aromatic carbocycles. The molecule has 4 aromatic rings. The first-order valence-electron chi connectivity index (χ1n) is 11.0. The topological polar surface area (TPSA) is 71.7 Å². The first kappa shape index (κ1) is 22.2. The van der Waals surface area contributed by atoms with Gasteiger partial charge in [0, 0.05) is 31.7 Å². The van der Waals surface area contributed by atoms with E-state index in [2.05, 4.69) is 15.0 Å². The Labute approximate surface area is 200 Å². The summed E-state index contributed by atoms with van der Waals surface area (Å²) in [5, 5.41) is 6.04. The summed E-state index contributed by atoms with van der Waals surface area (Å²) >= 11 is 1.57. The highest BCUT2D eigenvalue weighted by Gasteiger charge is 2.24. The van der Waals surface area contributed by atoms with E-state index in [1.54, 1.807) is 35.6 Å². The quantitative estimate of drug-likeness (QED) is 0.390. The Morgan fingerprint density at radius 2 is 1.88 bits per heavy atom. The van der Waals surface area contributed by atoms with Crippen molar-refractivity contribution in [1.82, 2.24) is 19.9 Å². The Balaban J connectivity index is 1.13. The van der Waals surface area contributed by atoms with Crippen LogP contribution in [0.2, 0.25) is 0 Å². The van der Waals surface area contributed by atoms with Crippen LogP contribution in [-0.2, 0) is 13.2 Å². The second-order valence-corrected chi connectivity index (χ2v) is 8.95. The van der Waals surface area contributed by atoms with E-state index in [1.807, 2.05) is 34.5 Å². The fourth-order valence-corrected chi connectivity index (χ4v) is 4.42. The molecule has 9 heteroatoms. The number of aromatic nitrogens is 2. The van der Waals surface area contributed by atoms with Gasteiger partial charge in [-0.05, 0) is 47.3 Å². The summed E-state index contributed by atoms with van der Waals surface area (Å²) in [6, 6.07) is 17.3. The van der Waals surface area contributed by atoms with Crippen molar-refractivity contribution >= 4 is 17.2 Å². The number of benzene rings is 2. The minimum Gasteiger partial charge on any atom is -0.489 e. The Hall–Kier alpha value is -3.56. The Morgan fingerprint density at radius 1 is 1.06 bits per heavy atom. The lowest BCUT2D eigenvalue weighted by atomic mass is 10.1. The summed E-state index contributed by atoms with van der Waals surface area (Å²) in [6.07, 6.45) is 0. The van der Waals surface area contributed by atoms with Gasteiger partial charge in [-0.15, -0.1) is 11.3 Å². The molecule has 0 aliphatic carbocycles. The molecule has 1 saturated heterocycles. The predicted octanol–water partition coefficient (Wildman–Crippen LogP) is 4.47. The summed E-state index contributed by atoms with van der Waals surface area (Å²) in [4.78, 5) is 22.5. The van der Waals surface area contributed by atoms with E-state index in [4.69, 9.17) is 9.26 Å². The van der Waals surface area contributed by atoms with Gasteiger partial charge in [-0.1, -0.05) is 29.4 Å². The zero-order valence-electron chi connectivity index (χ0n) is 18.4. The van der Waals surface area contributed by atoms with Crippen LogP contribution in [0.3, 0.4) is 0 Å². The fourth-order valence-electron chi connectivity index (χ4n) is 3.77. The monoisotopic (exact) mass is 478 g/mol. The van der Waals surface area contributed by atoms with Crippen LogP contribution in [0.15, 0.2) is 70.6 Å². The second-order valence-electron chi connectivity index (χ2n) is 8.00. The van der Waals surface area contributed by atoms with E-state index in [1.165, 1.54) is 12.1 Å². The van der Waals surface area contributed by atoms with Crippen molar-refractivity contribution in [2.75, 3.05) is 26.2 Å². The summed E-state index contributed by atoms with van der Waals surface area (Å²) in [6.45, 7) is 3.55. The minimum absolute atomic E-state index is 0.0235. The van der Waals surface area contributed by atoms with E-state index >= 15 is 0 Å². The molecular formula is C25H23FN4O3S. The summed E-state index contributed by atoms with van der Waals surface area (Å²) in [7, 11) is 0. The number of thiophene rings is 1. The molecule has 5 rings (SSSR count). The molecule has 3 heterocycles. The molecule has 0 spiro atoms. The molecule has 0 atom stereocenters. The molecule has 174 valence electrons. The van der Waals surface area contributed by atoms with Crippen LogP contribution in [-0.4, -0.2) is 52.0 Å². The molecule has 34 heavy (non-hydrogen) atoms. The molecule has 0 unspecified atom stereocenters. The Bertz CT molecular complexity index is 1240. The highest BCUT2D eigenvalue weighted by atomic mass is 32.1. The number of nitrogens with zero attached hydrogens (tertiary/aromatic N) is 4. The largest absolute Gasteiger partial charge is 0.489 e. The second kappa shape index (κ2) is 10.1. The first-order valence-corrected chi connectivity index (χ1v) is 11.9. The van der Waals surface area contributed by atoms with Crippen molar-refractivity contribution < 1.29 is 18.4 Å². The molecule has 1 aliphatic rings. The molecule has 1 aliphatic heterocycles. The lowest BCUT2D eigenvalue weighted by Gasteiger charge is -2.34. The van der Waals surface area contributed by atoms with Gasteiger partial charge in [0.2, 0.25) is 11.7 Å². The van der Waals surface area contributed by atoms with Crippen LogP contribution in [0, 0.1) is 5.82 Å². The molecule has 0 N–H and O–H groups in total. The normalized spacial score (nSPS) is 14.3. The van der Waals surface area contributed by atoms with Gasteiger partial charge in [0.25, 0.3) is 5.91 Å². The van der Waals surface area contributed by atoms with E-state index in [-0.39, 0.29) is 11.7 Å². The molecule has 0 radical (unpaired) electrons. The zero-order valence-corrected chi connectivity index (χ0v) is 19.2. The Kier molecular flexibility index (Phi) is 6.64. The summed E-state index contributed by atoms with van der Waals surface area (Å²) in [5.74, 6) is 1.49. The van der Waals surface area contributed by atoms with Gasteiger partial charge in [-0.3, -0.25) is 9.69 Å². The van der Waals surface area contributed by atoms with Gasteiger partial charge in [0.1, 0.15) is 18.2 Å². The number of carbonyl (C=O) groups excluding carboxylic acids is 1. The highest BCUT2D eigenvalue weighted by Crippen LogP contribution is 2.22. The number of piperazine rings is 1. The van der Waals surface area contributed by atoms with Crippen molar-refractivity contribution in [2.45, 2.75) is 13.2 Å². The van der Waals surface area contributed by atoms with E-state index in [0.717, 1.165) is 23.5 Å². The van der Waals surface area contributed by atoms with Gasteiger partial charge in [0.05, 0.1) is 11.4 Å². The molecule has 2 aromatic heterocycles. The van der Waals surface area contributed by atoms with E-state index in [0.29, 0.717) is 49.3 Å². The maximum Gasteiger partial charge on any atom is 0.254 e. The van der Waals surface area contributed by atoms with E-state index in [9.17, 15) is 9.18 Å². The number of carbonyl (C=O) groups is 1. The fraction of sp³-hybridized carbons (Fsp3) is 0.240. The first-order chi connectivity index (χ1) is 16.6. The number of hydrogen-bond donors (Lipinski definition) is 0. The number of rotatable bonds is 7. The van der Waals surface area contributed by atoms with Gasteiger partial charge in [-0.25, -0.2) is 4.39 Å². The molecule has 7 nitrogen and oxygen atoms in total. The lowest BCUT2D eigenvalue weighted by Crippen LogP contribution is -2.48. The van der Waals surface area contributed by atoms with Gasteiger partial charge in [-0.2, -0.15) is 4.98 Å². The maximum absolute atomic E-state index is 13.1. The Morgan fingerprint density at radius 3 is 2.65 bits per heavy atom.